The van der Waals surface area contributed by atoms with Gasteiger partial charge in [0.2, 0.25) is 0 Å². The molecule has 0 atom stereocenters. The number of hydrogen-bond acceptors (Lipinski definition) is 3. The highest BCUT2D eigenvalue weighted by Crippen LogP contribution is 2.30. The quantitative estimate of drug-likeness (QED) is 0.756. The number of benzene rings is 2. The van der Waals surface area contributed by atoms with Gasteiger partial charge in [-0.2, -0.15) is 5.10 Å². The second-order valence-corrected chi connectivity index (χ2v) is 5.13. The van der Waals surface area contributed by atoms with E-state index in [1.165, 1.54) is 10.9 Å². The first-order valence-corrected chi connectivity index (χ1v) is 7.07. The molecule has 2 N–H and O–H groups in total. The molecule has 6 nitrogen and oxygen atoms in total. The summed E-state index contributed by atoms with van der Waals surface area (Å²) < 4.78 is 1.37. The van der Waals surface area contributed by atoms with Gasteiger partial charge in [0.15, 0.2) is 0 Å². The van der Waals surface area contributed by atoms with E-state index in [-0.39, 0.29) is 18.5 Å². The number of carbonyl (C=O) groups is 2. The Hall–Kier alpha value is -3.15. The van der Waals surface area contributed by atoms with Gasteiger partial charge in [0, 0.05) is 11.8 Å². The van der Waals surface area contributed by atoms with Crippen molar-refractivity contribution >= 4 is 22.7 Å². The van der Waals surface area contributed by atoms with E-state index >= 15 is 0 Å². The molecule has 23 heavy (non-hydrogen) atoms. The highest BCUT2D eigenvalue weighted by Gasteiger charge is 2.19. The van der Waals surface area contributed by atoms with Gasteiger partial charge in [0.1, 0.15) is 11.3 Å². The first kappa shape index (κ1) is 14.8. The molecule has 0 bridgehead atoms. The van der Waals surface area contributed by atoms with Crippen molar-refractivity contribution in [1.29, 1.82) is 0 Å². The summed E-state index contributed by atoms with van der Waals surface area (Å²) in [5.41, 5.74) is 1.13. The van der Waals surface area contributed by atoms with Gasteiger partial charge in [-0.05, 0) is 10.8 Å². The zero-order valence-electron chi connectivity index (χ0n) is 12.1. The van der Waals surface area contributed by atoms with Crippen molar-refractivity contribution in [2.75, 3.05) is 0 Å². The summed E-state index contributed by atoms with van der Waals surface area (Å²) in [5, 5.41) is 24.4. The molecular weight excluding hydrogens is 296 g/mol. The molecule has 0 aliphatic carbocycles. The third kappa shape index (κ3) is 2.91. The van der Waals surface area contributed by atoms with Crippen molar-refractivity contribution in [3.63, 3.8) is 0 Å². The van der Waals surface area contributed by atoms with E-state index < -0.39 is 11.9 Å². The Balaban J connectivity index is 2.13. The Bertz CT molecular complexity index is 893. The van der Waals surface area contributed by atoms with E-state index in [1.54, 1.807) is 0 Å². The van der Waals surface area contributed by atoms with Crippen LogP contribution in [0.2, 0.25) is 0 Å². The molecule has 2 aromatic carbocycles. The summed E-state index contributed by atoms with van der Waals surface area (Å²) >= 11 is 0. The average Bonchev–Trinajstić information content (AvgIpc) is 2.97. The minimum absolute atomic E-state index is 0.0618. The van der Waals surface area contributed by atoms with Crippen LogP contribution >= 0.6 is 0 Å². The normalized spacial score (nSPS) is 10.8. The lowest BCUT2D eigenvalue weighted by molar-refractivity contribution is -0.137. The van der Waals surface area contributed by atoms with Crippen LogP contribution in [0.4, 0.5) is 0 Å². The standard InChI is InChI=1S/C17H14N2O4/c20-15(21)8-9-19-10-14(17(22)23)16(18-19)13-7-3-5-11-4-1-2-6-12(11)13/h1-7,10H,8-9H2,(H,20,21)(H,22,23). The summed E-state index contributed by atoms with van der Waals surface area (Å²) in [6, 6.07) is 13.3. The average molecular weight is 310 g/mol. The summed E-state index contributed by atoms with van der Waals surface area (Å²) in [6.45, 7) is 0.125. The summed E-state index contributed by atoms with van der Waals surface area (Å²) in [5.74, 6) is -2.04. The van der Waals surface area contributed by atoms with E-state index in [1.807, 2.05) is 42.5 Å². The molecule has 3 aromatic rings. The van der Waals surface area contributed by atoms with Crippen molar-refractivity contribution in [2.24, 2.45) is 0 Å². The van der Waals surface area contributed by atoms with Gasteiger partial charge in [-0.1, -0.05) is 42.5 Å². The third-order valence-electron chi connectivity index (χ3n) is 3.59. The Labute approximate surface area is 131 Å². The minimum atomic E-state index is -1.09. The maximum Gasteiger partial charge on any atom is 0.339 e. The molecule has 0 saturated carbocycles. The number of aliphatic carboxylic acids is 1. The fourth-order valence-electron chi connectivity index (χ4n) is 2.53. The van der Waals surface area contributed by atoms with Crippen LogP contribution in [0.5, 0.6) is 0 Å². The molecule has 3 rings (SSSR count). The molecule has 0 fully saturated rings. The van der Waals surface area contributed by atoms with Crippen LogP contribution in [0.3, 0.4) is 0 Å². The van der Waals surface area contributed by atoms with E-state index in [0.29, 0.717) is 5.69 Å². The second-order valence-electron chi connectivity index (χ2n) is 5.13. The SMILES string of the molecule is O=C(O)CCn1cc(C(=O)O)c(-c2cccc3ccccc23)n1. The summed E-state index contributed by atoms with van der Waals surface area (Å²) in [6.07, 6.45) is 1.26. The van der Waals surface area contributed by atoms with Crippen molar-refractivity contribution in [2.45, 2.75) is 13.0 Å². The number of hydrogen-bond donors (Lipinski definition) is 2. The summed E-state index contributed by atoms with van der Waals surface area (Å²) in [4.78, 5) is 22.2. The van der Waals surface area contributed by atoms with Gasteiger partial charge in [-0.3, -0.25) is 9.48 Å². The van der Waals surface area contributed by atoms with Gasteiger partial charge in [-0.15, -0.1) is 0 Å². The van der Waals surface area contributed by atoms with E-state index in [0.717, 1.165) is 16.3 Å². The first-order valence-electron chi connectivity index (χ1n) is 7.07. The first-order chi connectivity index (χ1) is 11.1. The topological polar surface area (TPSA) is 92.4 Å². The molecular formula is C17H14N2O4. The predicted octanol–water partition coefficient (Wildman–Crippen LogP) is 2.88. The Morgan fingerprint density at radius 3 is 2.52 bits per heavy atom. The monoisotopic (exact) mass is 310 g/mol. The number of aryl methyl sites for hydroxylation is 1. The molecule has 0 spiro atoms. The Morgan fingerprint density at radius 2 is 1.78 bits per heavy atom. The molecule has 0 radical (unpaired) electrons. The van der Waals surface area contributed by atoms with Crippen molar-refractivity contribution in [3.05, 3.63) is 54.2 Å². The molecule has 0 amide bonds. The fraction of sp³-hybridized carbons (Fsp3) is 0.118. The number of fused-ring (bicyclic) bond motifs is 1. The molecule has 1 aromatic heterocycles. The van der Waals surface area contributed by atoms with Crippen LogP contribution in [0.25, 0.3) is 22.0 Å². The third-order valence-corrected chi connectivity index (χ3v) is 3.59. The zero-order chi connectivity index (χ0) is 16.4. The zero-order valence-corrected chi connectivity index (χ0v) is 12.1. The van der Waals surface area contributed by atoms with Gasteiger partial charge >= 0.3 is 11.9 Å². The second kappa shape index (κ2) is 5.92. The minimum Gasteiger partial charge on any atom is -0.481 e. The predicted molar refractivity (Wildman–Crippen MR) is 84.4 cm³/mol. The molecule has 6 heteroatoms. The lowest BCUT2D eigenvalue weighted by Gasteiger charge is -2.05. The van der Waals surface area contributed by atoms with Crippen LogP contribution in [0, 0.1) is 0 Å². The highest BCUT2D eigenvalue weighted by atomic mass is 16.4. The fourth-order valence-corrected chi connectivity index (χ4v) is 2.53. The molecule has 0 saturated heterocycles. The number of carboxylic acid groups (broad SMARTS) is 2. The number of aromatic carboxylic acids is 1. The van der Waals surface area contributed by atoms with Crippen LogP contribution < -0.4 is 0 Å². The van der Waals surface area contributed by atoms with Crippen molar-refractivity contribution in [3.8, 4) is 11.3 Å². The highest BCUT2D eigenvalue weighted by molar-refractivity contribution is 6.02. The molecule has 0 unspecified atom stereocenters. The maximum atomic E-state index is 11.5. The lowest BCUT2D eigenvalue weighted by Crippen LogP contribution is -2.05. The largest absolute Gasteiger partial charge is 0.481 e. The van der Waals surface area contributed by atoms with Crippen molar-refractivity contribution in [1.82, 2.24) is 9.78 Å². The molecule has 0 aliphatic rings. The van der Waals surface area contributed by atoms with Gasteiger partial charge in [0.05, 0.1) is 13.0 Å². The van der Waals surface area contributed by atoms with E-state index in [9.17, 15) is 14.7 Å². The van der Waals surface area contributed by atoms with Crippen LogP contribution in [-0.2, 0) is 11.3 Å². The Morgan fingerprint density at radius 1 is 1.04 bits per heavy atom. The number of rotatable bonds is 5. The molecule has 116 valence electrons. The summed E-state index contributed by atoms with van der Waals surface area (Å²) in [7, 11) is 0. The van der Waals surface area contributed by atoms with Crippen LogP contribution in [0.15, 0.2) is 48.7 Å². The van der Waals surface area contributed by atoms with Gasteiger partial charge in [-0.25, -0.2) is 4.79 Å². The van der Waals surface area contributed by atoms with E-state index in [4.69, 9.17) is 5.11 Å². The molecule has 0 aliphatic heterocycles. The van der Waals surface area contributed by atoms with Gasteiger partial charge < -0.3 is 10.2 Å². The van der Waals surface area contributed by atoms with E-state index in [2.05, 4.69) is 5.10 Å². The Kier molecular flexibility index (Phi) is 3.80. The smallest absolute Gasteiger partial charge is 0.339 e. The molecule has 1 heterocycles. The number of carboxylic acids is 2. The van der Waals surface area contributed by atoms with Crippen LogP contribution in [0.1, 0.15) is 16.8 Å². The maximum absolute atomic E-state index is 11.5. The van der Waals surface area contributed by atoms with Crippen molar-refractivity contribution < 1.29 is 19.8 Å². The van der Waals surface area contributed by atoms with Crippen LogP contribution in [-0.4, -0.2) is 31.9 Å². The lowest BCUT2D eigenvalue weighted by atomic mass is 10.0. The number of nitrogens with zero attached hydrogens (tertiary/aromatic N) is 2. The van der Waals surface area contributed by atoms with Gasteiger partial charge in [0.25, 0.3) is 0 Å². The number of aromatic nitrogens is 2.